The molecule has 41 heavy (non-hydrogen) atoms. The molecule has 240 valence electrons. The number of esters is 1. The van der Waals surface area contributed by atoms with Crippen molar-refractivity contribution in [3.63, 3.8) is 0 Å². The number of carboxylic acid groups (broad SMARTS) is 1. The molecule has 0 heterocycles. The lowest BCUT2D eigenvalue weighted by molar-refractivity contribution is -0.152. The van der Waals surface area contributed by atoms with Gasteiger partial charge in [-0.1, -0.05) is 173 Å². The minimum atomic E-state index is -0.945. The second kappa shape index (κ2) is 32.9. The van der Waals surface area contributed by atoms with Gasteiger partial charge in [0.1, 0.15) is 6.61 Å². The van der Waals surface area contributed by atoms with Crippen molar-refractivity contribution in [2.24, 2.45) is 5.92 Å². The Morgan fingerprint density at radius 3 is 1.34 bits per heavy atom. The second-order valence-electron chi connectivity index (χ2n) is 12.2. The first kappa shape index (κ1) is 39.4. The Labute approximate surface area is 255 Å². The summed E-state index contributed by atoms with van der Waals surface area (Å²) in [6, 6.07) is 0. The minimum absolute atomic E-state index is 0.143. The van der Waals surface area contributed by atoms with Gasteiger partial charge >= 0.3 is 11.9 Å². The summed E-state index contributed by atoms with van der Waals surface area (Å²) >= 11 is 0. The number of carbonyl (C=O) groups excluding carboxylic acids is 1. The van der Waals surface area contributed by atoms with Crippen LogP contribution in [0.5, 0.6) is 0 Å². The van der Waals surface area contributed by atoms with Gasteiger partial charge in [0.25, 0.3) is 0 Å². The van der Waals surface area contributed by atoms with E-state index in [1.54, 1.807) is 0 Å². The second-order valence-corrected chi connectivity index (χ2v) is 12.2. The van der Waals surface area contributed by atoms with Gasteiger partial charge in [0.05, 0.1) is 12.3 Å². The summed E-state index contributed by atoms with van der Waals surface area (Å²) in [4.78, 5) is 23.0. The van der Waals surface area contributed by atoms with Crippen molar-refractivity contribution < 1.29 is 19.4 Å². The average Bonchev–Trinajstić information content (AvgIpc) is 2.96. The third-order valence-electron chi connectivity index (χ3n) is 8.16. The third kappa shape index (κ3) is 31.2. The predicted octanol–water partition coefficient (Wildman–Crippen LogP) is 11.9. The smallest absolute Gasteiger partial charge is 0.309 e. The van der Waals surface area contributed by atoms with Gasteiger partial charge in [-0.05, 0) is 32.1 Å². The van der Waals surface area contributed by atoms with E-state index in [2.05, 4.69) is 25.7 Å². The molecule has 1 N–H and O–H groups in total. The maximum Gasteiger partial charge on any atom is 0.309 e. The number of allylic oxidation sites excluding steroid dienone is 2. The predicted molar refractivity (Wildman–Crippen MR) is 176 cm³/mol. The zero-order valence-electron chi connectivity index (χ0n) is 27.2. The number of hydrogen-bond acceptors (Lipinski definition) is 3. The molecule has 4 nitrogen and oxygen atoms in total. The molecule has 0 spiro atoms. The molecule has 4 heteroatoms. The van der Waals surface area contributed by atoms with E-state index >= 15 is 0 Å². The van der Waals surface area contributed by atoms with Gasteiger partial charge in [-0.15, -0.1) is 0 Å². The van der Waals surface area contributed by atoms with Gasteiger partial charge < -0.3 is 9.84 Å². The first-order valence-electron chi connectivity index (χ1n) is 17.8. The van der Waals surface area contributed by atoms with Crippen molar-refractivity contribution >= 4 is 11.9 Å². The molecule has 0 aromatic carbocycles. The molecule has 0 aromatic rings. The molecule has 0 rings (SSSR count). The number of carboxylic acids is 1. The lowest BCUT2D eigenvalue weighted by atomic mass is 9.97. The highest BCUT2D eigenvalue weighted by atomic mass is 16.5. The molecule has 0 aliphatic heterocycles. The molecule has 0 saturated carbocycles. The van der Waals surface area contributed by atoms with E-state index in [1.165, 1.54) is 154 Å². The maximum atomic E-state index is 12.0. The van der Waals surface area contributed by atoms with Crippen LogP contribution in [0.25, 0.3) is 0 Å². The van der Waals surface area contributed by atoms with Crippen LogP contribution in [-0.2, 0) is 14.3 Å². The number of unbranched alkanes of at least 4 members (excludes halogenated alkanes) is 24. The molecular formula is C37H68O4. The van der Waals surface area contributed by atoms with Crippen LogP contribution in [0.2, 0.25) is 0 Å². The largest absolute Gasteiger partial charge is 0.481 e. The highest BCUT2D eigenvalue weighted by molar-refractivity contribution is 5.79. The van der Waals surface area contributed by atoms with E-state index in [-0.39, 0.29) is 13.0 Å². The van der Waals surface area contributed by atoms with Crippen LogP contribution in [0.4, 0.5) is 0 Å². The Hall–Kier alpha value is -1.58. The minimum Gasteiger partial charge on any atom is -0.481 e. The quantitative estimate of drug-likeness (QED) is 0.0479. The molecule has 0 amide bonds. The first-order chi connectivity index (χ1) is 20.1. The van der Waals surface area contributed by atoms with Crippen LogP contribution in [0.1, 0.15) is 187 Å². The zero-order chi connectivity index (χ0) is 30.1. The number of rotatable bonds is 33. The van der Waals surface area contributed by atoms with Crippen LogP contribution in [0.3, 0.4) is 0 Å². The Balaban J connectivity index is 3.35. The first-order valence-corrected chi connectivity index (χ1v) is 17.8. The van der Waals surface area contributed by atoms with Gasteiger partial charge in [0.15, 0.2) is 0 Å². The van der Waals surface area contributed by atoms with Crippen LogP contribution in [0, 0.1) is 5.92 Å². The van der Waals surface area contributed by atoms with Crippen LogP contribution in [0.15, 0.2) is 24.8 Å². The molecule has 0 bridgehead atoms. The highest BCUT2D eigenvalue weighted by Crippen LogP contribution is 2.18. The summed E-state index contributed by atoms with van der Waals surface area (Å²) in [6.07, 6.45) is 41.5. The van der Waals surface area contributed by atoms with Gasteiger partial charge in [0, 0.05) is 0 Å². The molecule has 0 radical (unpaired) electrons. The molecular weight excluding hydrogens is 508 g/mol. The fraction of sp³-hybridized carbons (Fsp3) is 0.838. The number of carbonyl (C=O) groups is 2. The third-order valence-corrected chi connectivity index (χ3v) is 8.16. The van der Waals surface area contributed by atoms with E-state index < -0.39 is 17.9 Å². The highest BCUT2D eigenvalue weighted by Gasteiger charge is 2.22. The van der Waals surface area contributed by atoms with E-state index in [0.29, 0.717) is 6.42 Å². The molecule has 0 aliphatic carbocycles. The fourth-order valence-electron chi connectivity index (χ4n) is 5.53. The summed E-state index contributed by atoms with van der Waals surface area (Å²) in [5.41, 5.74) is 0. The van der Waals surface area contributed by atoms with Gasteiger partial charge in [-0.2, -0.15) is 0 Å². The van der Waals surface area contributed by atoms with Crippen molar-refractivity contribution in [2.45, 2.75) is 187 Å². The normalized spacial score (nSPS) is 12.1. The van der Waals surface area contributed by atoms with Gasteiger partial charge in [-0.3, -0.25) is 9.59 Å². The Morgan fingerprint density at radius 2 is 0.976 bits per heavy atom. The zero-order valence-corrected chi connectivity index (χ0v) is 27.2. The van der Waals surface area contributed by atoms with Crippen molar-refractivity contribution in [2.75, 3.05) is 6.61 Å². The van der Waals surface area contributed by atoms with E-state index in [9.17, 15) is 9.59 Å². The van der Waals surface area contributed by atoms with Crippen molar-refractivity contribution in [3.8, 4) is 0 Å². The van der Waals surface area contributed by atoms with E-state index in [0.717, 1.165) is 19.3 Å². The maximum absolute atomic E-state index is 12.0. The number of hydrogen-bond donors (Lipinski definition) is 1. The van der Waals surface area contributed by atoms with Gasteiger partial charge in [0.2, 0.25) is 0 Å². The molecule has 0 fully saturated rings. The molecule has 1 atom stereocenters. The standard InChI is InChI=1S/C37H68O4/c1-3-5-6-7-8-9-10-11-12-13-14-15-16-17-18-19-20-21-22-23-24-25-26-27-28-29-30-31-32-35(34-36(38)39)37(40)41-33-4-2/h4,22-23,35H,2-3,5-21,24-34H2,1H3,(H,38,39)/b23-22+. The fourth-order valence-corrected chi connectivity index (χ4v) is 5.53. The lowest BCUT2D eigenvalue weighted by Crippen LogP contribution is -2.21. The van der Waals surface area contributed by atoms with Crippen LogP contribution < -0.4 is 0 Å². The molecule has 0 saturated heterocycles. The molecule has 1 unspecified atom stereocenters. The van der Waals surface area contributed by atoms with Crippen LogP contribution in [-0.4, -0.2) is 23.7 Å². The summed E-state index contributed by atoms with van der Waals surface area (Å²) in [7, 11) is 0. The average molecular weight is 577 g/mol. The summed E-state index contributed by atoms with van der Waals surface area (Å²) < 4.78 is 5.04. The Kier molecular flexibility index (Phi) is 31.7. The van der Waals surface area contributed by atoms with Crippen LogP contribution >= 0.6 is 0 Å². The number of aliphatic carboxylic acids is 1. The Morgan fingerprint density at radius 1 is 0.610 bits per heavy atom. The topological polar surface area (TPSA) is 63.6 Å². The van der Waals surface area contributed by atoms with Gasteiger partial charge in [-0.25, -0.2) is 0 Å². The van der Waals surface area contributed by atoms with E-state index in [1.807, 2.05) is 0 Å². The lowest BCUT2D eigenvalue weighted by Gasteiger charge is -2.13. The summed E-state index contributed by atoms with van der Waals surface area (Å²) in [5, 5.41) is 9.03. The monoisotopic (exact) mass is 577 g/mol. The van der Waals surface area contributed by atoms with E-state index in [4.69, 9.17) is 9.84 Å². The molecule has 0 aromatic heterocycles. The summed E-state index contributed by atoms with van der Waals surface area (Å²) in [5.74, 6) is -1.89. The SMILES string of the molecule is C=CCOC(=O)C(CCCCCCCCC/C=C/CCCCCCCCCCCCCCCCCCC)CC(=O)O. The number of ether oxygens (including phenoxy) is 1. The summed E-state index contributed by atoms with van der Waals surface area (Å²) in [6.45, 7) is 5.96. The van der Waals surface area contributed by atoms with Crippen molar-refractivity contribution in [1.82, 2.24) is 0 Å². The molecule has 0 aliphatic rings. The Bertz CT molecular complexity index is 612. The van der Waals surface area contributed by atoms with Crippen molar-refractivity contribution in [1.29, 1.82) is 0 Å². The van der Waals surface area contributed by atoms with Crippen molar-refractivity contribution in [3.05, 3.63) is 24.8 Å².